The van der Waals surface area contributed by atoms with E-state index in [-0.39, 0.29) is 12.2 Å². The van der Waals surface area contributed by atoms with Gasteiger partial charge in [-0.1, -0.05) is 42.5 Å². The fourth-order valence-electron chi connectivity index (χ4n) is 1.95. The minimum absolute atomic E-state index is 0.125. The molecule has 0 aliphatic heterocycles. The van der Waals surface area contributed by atoms with Gasteiger partial charge in [0.1, 0.15) is 5.76 Å². The van der Waals surface area contributed by atoms with Gasteiger partial charge in [0, 0.05) is 6.42 Å². The summed E-state index contributed by atoms with van der Waals surface area (Å²) in [5.74, 6) is -0.125. The molecule has 0 N–H and O–H groups in total. The van der Waals surface area contributed by atoms with E-state index in [4.69, 9.17) is 0 Å². The second-order valence-electron chi connectivity index (χ2n) is 4.53. The SMILES string of the molecule is O=S(=O)(OC1=C(/C=C\c2ccccc2)CCC1)C(F)(F)F. The zero-order valence-electron chi connectivity index (χ0n) is 10.9. The highest BCUT2D eigenvalue weighted by Gasteiger charge is 2.49. The average molecular weight is 318 g/mol. The molecule has 0 atom stereocenters. The van der Waals surface area contributed by atoms with Gasteiger partial charge in [0.2, 0.25) is 0 Å². The van der Waals surface area contributed by atoms with Crippen molar-refractivity contribution in [3.8, 4) is 0 Å². The van der Waals surface area contributed by atoms with Gasteiger partial charge in [0.25, 0.3) is 0 Å². The molecule has 114 valence electrons. The van der Waals surface area contributed by atoms with Crippen LogP contribution in [0.5, 0.6) is 0 Å². The van der Waals surface area contributed by atoms with Crippen molar-refractivity contribution in [3.05, 3.63) is 53.3 Å². The number of hydrogen-bond donors (Lipinski definition) is 0. The molecule has 0 bridgehead atoms. The Labute approximate surface area is 120 Å². The summed E-state index contributed by atoms with van der Waals surface area (Å²) in [5.41, 5.74) is -4.06. The van der Waals surface area contributed by atoms with E-state index in [1.54, 1.807) is 12.2 Å². The van der Waals surface area contributed by atoms with E-state index in [9.17, 15) is 21.6 Å². The molecule has 0 unspecified atom stereocenters. The van der Waals surface area contributed by atoms with Crippen LogP contribution in [0.1, 0.15) is 24.8 Å². The first-order valence-corrected chi connectivity index (χ1v) is 7.66. The van der Waals surface area contributed by atoms with E-state index in [0.29, 0.717) is 18.4 Å². The van der Waals surface area contributed by atoms with Crippen LogP contribution in [0.25, 0.3) is 6.08 Å². The molecule has 0 radical (unpaired) electrons. The number of hydrogen-bond acceptors (Lipinski definition) is 3. The lowest BCUT2D eigenvalue weighted by Gasteiger charge is -2.10. The average Bonchev–Trinajstić information content (AvgIpc) is 2.83. The maximum absolute atomic E-state index is 12.3. The van der Waals surface area contributed by atoms with Crippen LogP contribution >= 0.6 is 0 Å². The topological polar surface area (TPSA) is 43.4 Å². The number of halogens is 3. The van der Waals surface area contributed by atoms with Crippen molar-refractivity contribution in [1.82, 2.24) is 0 Å². The summed E-state index contributed by atoms with van der Waals surface area (Å²) >= 11 is 0. The maximum atomic E-state index is 12.3. The van der Waals surface area contributed by atoms with E-state index in [1.165, 1.54) is 0 Å². The molecule has 0 heterocycles. The number of benzene rings is 1. The molecule has 0 amide bonds. The molecule has 0 saturated carbocycles. The Bertz CT molecular complexity index is 658. The molecule has 0 aromatic heterocycles. The first kappa shape index (κ1) is 15.6. The summed E-state index contributed by atoms with van der Waals surface area (Å²) in [6.45, 7) is 0. The highest BCUT2D eigenvalue weighted by molar-refractivity contribution is 7.87. The molecular weight excluding hydrogens is 305 g/mol. The normalized spacial score (nSPS) is 16.7. The highest BCUT2D eigenvalue weighted by atomic mass is 32.2. The molecule has 0 fully saturated rings. The van der Waals surface area contributed by atoms with E-state index < -0.39 is 15.6 Å². The van der Waals surface area contributed by atoms with Crippen LogP contribution in [0, 0.1) is 0 Å². The van der Waals surface area contributed by atoms with Gasteiger partial charge in [-0.25, -0.2) is 0 Å². The molecule has 1 aliphatic rings. The lowest BCUT2D eigenvalue weighted by molar-refractivity contribution is -0.0523. The highest BCUT2D eigenvalue weighted by Crippen LogP contribution is 2.34. The second-order valence-corrected chi connectivity index (χ2v) is 6.07. The Kier molecular flexibility index (Phi) is 4.41. The molecule has 7 heteroatoms. The summed E-state index contributed by atoms with van der Waals surface area (Å²) < 4.78 is 63.2. The van der Waals surface area contributed by atoms with Gasteiger partial charge in [-0.3, -0.25) is 0 Å². The summed E-state index contributed by atoms with van der Waals surface area (Å²) in [5, 5.41) is 0. The van der Waals surface area contributed by atoms with E-state index in [0.717, 1.165) is 5.56 Å². The van der Waals surface area contributed by atoms with Crippen LogP contribution in [0.2, 0.25) is 0 Å². The van der Waals surface area contributed by atoms with Crippen molar-refractivity contribution >= 4 is 16.2 Å². The quantitative estimate of drug-likeness (QED) is 0.622. The first-order valence-electron chi connectivity index (χ1n) is 6.25. The third-order valence-corrected chi connectivity index (χ3v) is 3.97. The van der Waals surface area contributed by atoms with Crippen LogP contribution < -0.4 is 0 Å². The van der Waals surface area contributed by atoms with Crippen LogP contribution in [-0.4, -0.2) is 13.9 Å². The fourth-order valence-corrected chi connectivity index (χ4v) is 2.50. The summed E-state index contributed by atoms with van der Waals surface area (Å²) in [6.07, 6.45) is 4.56. The molecular formula is C14H13F3O3S. The van der Waals surface area contributed by atoms with Gasteiger partial charge in [0.05, 0.1) is 0 Å². The Balaban J connectivity index is 2.20. The van der Waals surface area contributed by atoms with Crippen molar-refractivity contribution < 1.29 is 25.8 Å². The lowest BCUT2D eigenvalue weighted by atomic mass is 10.1. The monoisotopic (exact) mass is 318 g/mol. The van der Waals surface area contributed by atoms with Gasteiger partial charge in [-0.15, -0.1) is 0 Å². The third-order valence-electron chi connectivity index (χ3n) is 2.98. The van der Waals surface area contributed by atoms with Gasteiger partial charge in [0.15, 0.2) is 0 Å². The zero-order chi connectivity index (χ0) is 15.5. The predicted molar refractivity (Wildman–Crippen MR) is 72.4 cm³/mol. The Morgan fingerprint density at radius 2 is 1.71 bits per heavy atom. The van der Waals surface area contributed by atoms with Crippen LogP contribution in [0.15, 0.2) is 47.7 Å². The lowest BCUT2D eigenvalue weighted by Crippen LogP contribution is -2.25. The van der Waals surface area contributed by atoms with Crippen molar-refractivity contribution in [2.75, 3.05) is 0 Å². The number of alkyl halides is 3. The molecule has 2 rings (SSSR count). The maximum Gasteiger partial charge on any atom is 0.534 e. The Morgan fingerprint density at radius 1 is 1.05 bits per heavy atom. The van der Waals surface area contributed by atoms with Crippen LogP contribution in [0.4, 0.5) is 13.2 Å². The van der Waals surface area contributed by atoms with Gasteiger partial charge < -0.3 is 4.18 Å². The third kappa shape index (κ3) is 3.87. The summed E-state index contributed by atoms with van der Waals surface area (Å²) in [6, 6.07) is 9.16. The van der Waals surface area contributed by atoms with Crippen LogP contribution in [0.3, 0.4) is 0 Å². The molecule has 0 spiro atoms. The minimum atomic E-state index is -5.59. The van der Waals surface area contributed by atoms with E-state index in [2.05, 4.69) is 4.18 Å². The summed E-state index contributed by atoms with van der Waals surface area (Å²) in [4.78, 5) is 0. The zero-order valence-corrected chi connectivity index (χ0v) is 11.7. The standard InChI is InChI=1S/C14H13F3O3S/c15-14(16,17)21(18,19)20-13-8-4-7-12(13)10-9-11-5-2-1-3-6-11/h1-3,5-6,9-10H,4,7-8H2/b10-9-. The Hall–Kier alpha value is -1.76. The van der Waals surface area contributed by atoms with Crippen molar-refractivity contribution in [3.63, 3.8) is 0 Å². The van der Waals surface area contributed by atoms with Crippen LogP contribution in [-0.2, 0) is 14.3 Å². The van der Waals surface area contributed by atoms with E-state index in [1.807, 2.05) is 30.3 Å². The molecule has 1 aromatic rings. The Morgan fingerprint density at radius 3 is 2.33 bits per heavy atom. The molecule has 3 nitrogen and oxygen atoms in total. The first-order chi connectivity index (χ1) is 9.79. The minimum Gasteiger partial charge on any atom is -0.380 e. The smallest absolute Gasteiger partial charge is 0.380 e. The fraction of sp³-hybridized carbons (Fsp3) is 0.286. The van der Waals surface area contributed by atoms with Crippen molar-refractivity contribution in [1.29, 1.82) is 0 Å². The molecule has 21 heavy (non-hydrogen) atoms. The molecule has 1 aliphatic carbocycles. The van der Waals surface area contributed by atoms with Gasteiger partial charge in [-0.05, 0) is 24.0 Å². The van der Waals surface area contributed by atoms with Gasteiger partial charge in [-0.2, -0.15) is 21.6 Å². The number of rotatable bonds is 4. The number of allylic oxidation sites excluding steroid dienone is 3. The predicted octanol–water partition coefficient (Wildman–Crippen LogP) is 4.00. The summed E-state index contributed by atoms with van der Waals surface area (Å²) in [7, 11) is -5.59. The molecule has 1 aromatic carbocycles. The van der Waals surface area contributed by atoms with Crippen molar-refractivity contribution in [2.45, 2.75) is 24.8 Å². The molecule has 0 saturated heterocycles. The van der Waals surface area contributed by atoms with E-state index >= 15 is 0 Å². The van der Waals surface area contributed by atoms with Gasteiger partial charge >= 0.3 is 15.6 Å². The second kappa shape index (κ2) is 5.93. The van der Waals surface area contributed by atoms with Crippen molar-refractivity contribution in [2.24, 2.45) is 0 Å². The largest absolute Gasteiger partial charge is 0.534 e.